The smallest absolute Gasteiger partial charge is 0.123 e. The van der Waals surface area contributed by atoms with E-state index >= 15 is 0 Å². The van der Waals surface area contributed by atoms with Gasteiger partial charge in [-0.05, 0) is 47.7 Å². The van der Waals surface area contributed by atoms with Crippen molar-refractivity contribution >= 4 is 0 Å². The molecule has 2 aromatic rings. The zero-order chi connectivity index (χ0) is 14.8. The lowest BCUT2D eigenvalue weighted by molar-refractivity contribution is 0.183. The van der Waals surface area contributed by atoms with E-state index in [4.69, 9.17) is 5.73 Å². The Bertz CT molecular complexity index is 639. The molecule has 1 heterocycles. The minimum atomic E-state index is -0.184. The molecule has 1 aliphatic heterocycles. The lowest BCUT2D eigenvalue weighted by atomic mass is 9.94. The highest BCUT2D eigenvalue weighted by Gasteiger charge is 2.24. The maximum Gasteiger partial charge on any atom is 0.123 e. The standard InChI is InChI=1S/C18H21FN2/c1-13-10-16(19)6-7-17(13)18(11-20)21-9-8-14-4-2-3-5-15(14)12-21/h2-7,10,18H,8-9,11-12,20H2,1H3. The van der Waals surface area contributed by atoms with Crippen molar-refractivity contribution < 1.29 is 4.39 Å². The minimum Gasteiger partial charge on any atom is -0.329 e. The molecule has 0 spiro atoms. The number of benzene rings is 2. The molecule has 0 fully saturated rings. The lowest BCUT2D eigenvalue weighted by Gasteiger charge is -2.36. The van der Waals surface area contributed by atoms with Crippen LogP contribution in [0.5, 0.6) is 0 Å². The van der Waals surface area contributed by atoms with Crippen molar-refractivity contribution in [3.8, 4) is 0 Å². The molecule has 3 heteroatoms. The normalized spacial score (nSPS) is 16.5. The second-order valence-electron chi connectivity index (χ2n) is 5.74. The Labute approximate surface area is 125 Å². The van der Waals surface area contributed by atoms with Crippen LogP contribution >= 0.6 is 0 Å². The molecular formula is C18H21FN2. The van der Waals surface area contributed by atoms with E-state index in [0.29, 0.717) is 6.54 Å². The van der Waals surface area contributed by atoms with Gasteiger partial charge >= 0.3 is 0 Å². The summed E-state index contributed by atoms with van der Waals surface area (Å²) in [7, 11) is 0. The third-order valence-corrected chi connectivity index (χ3v) is 4.42. The number of nitrogens with two attached hydrogens (primary N) is 1. The van der Waals surface area contributed by atoms with Gasteiger partial charge in [-0.1, -0.05) is 30.3 Å². The predicted octanol–water partition coefficient (Wildman–Crippen LogP) is 3.19. The van der Waals surface area contributed by atoms with E-state index in [0.717, 1.165) is 30.6 Å². The van der Waals surface area contributed by atoms with Gasteiger partial charge in [-0.15, -0.1) is 0 Å². The highest BCUT2D eigenvalue weighted by atomic mass is 19.1. The number of halogens is 1. The number of hydrogen-bond donors (Lipinski definition) is 1. The molecule has 1 aliphatic rings. The first-order valence-corrected chi connectivity index (χ1v) is 7.46. The third kappa shape index (κ3) is 2.85. The van der Waals surface area contributed by atoms with Gasteiger partial charge in [0.25, 0.3) is 0 Å². The Morgan fingerprint density at radius 3 is 2.67 bits per heavy atom. The fourth-order valence-electron chi connectivity index (χ4n) is 3.27. The van der Waals surface area contributed by atoms with Crippen molar-refractivity contribution in [2.75, 3.05) is 13.1 Å². The van der Waals surface area contributed by atoms with Gasteiger partial charge in [-0.2, -0.15) is 0 Å². The first-order valence-electron chi connectivity index (χ1n) is 7.46. The Kier molecular flexibility index (Phi) is 4.04. The fraction of sp³-hybridized carbons (Fsp3) is 0.333. The molecule has 0 bridgehead atoms. The largest absolute Gasteiger partial charge is 0.329 e. The van der Waals surface area contributed by atoms with Crippen LogP contribution in [-0.2, 0) is 13.0 Å². The molecule has 0 amide bonds. The molecule has 0 aromatic heterocycles. The summed E-state index contributed by atoms with van der Waals surface area (Å²) < 4.78 is 13.3. The molecule has 0 radical (unpaired) electrons. The van der Waals surface area contributed by atoms with Gasteiger partial charge in [0.2, 0.25) is 0 Å². The summed E-state index contributed by atoms with van der Waals surface area (Å²) in [4.78, 5) is 2.41. The van der Waals surface area contributed by atoms with Gasteiger partial charge in [-0.25, -0.2) is 4.39 Å². The molecule has 2 N–H and O–H groups in total. The van der Waals surface area contributed by atoms with Crippen molar-refractivity contribution in [2.45, 2.75) is 25.9 Å². The maximum atomic E-state index is 13.3. The average molecular weight is 284 g/mol. The highest BCUT2D eigenvalue weighted by Crippen LogP contribution is 2.29. The molecule has 3 rings (SSSR count). The summed E-state index contributed by atoms with van der Waals surface area (Å²) >= 11 is 0. The van der Waals surface area contributed by atoms with Crippen molar-refractivity contribution in [3.05, 3.63) is 70.5 Å². The third-order valence-electron chi connectivity index (χ3n) is 4.42. The number of nitrogens with zero attached hydrogens (tertiary/aromatic N) is 1. The summed E-state index contributed by atoms with van der Waals surface area (Å²) in [6.45, 7) is 4.41. The summed E-state index contributed by atoms with van der Waals surface area (Å²) in [5, 5.41) is 0. The van der Waals surface area contributed by atoms with Gasteiger partial charge in [-0.3, -0.25) is 4.90 Å². The highest BCUT2D eigenvalue weighted by molar-refractivity contribution is 5.33. The average Bonchev–Trinajstić information content (AvgIpc) is 2.50. The number of aryl methyl sites for hydroxylation is 1. The van der Waals surface area contributed by atoms with E-state index in [1.807, 2.05) is 13.0 Å². The zero-order valence-electron chi connectivity index (χ0n) is 12.3. The first-order chi connectivity index (χ1) is 10.2. The second kappa shape index (κ2) is 5.96. The van der Waals surface area contributed by atoms with Crippen LogP contribution in [0.1, 0.15) is 28.3 Å². The maximum absolute atomic E-state index is 13.3. The Morgan fingerprint density at radius 2 is 1.95 bits per heavy atom. The molecule has 2 aromatic carbocycles. The lowest BCUT2D eigenvalue weighted by Crippen LogP contribution is -2.38. The first kappa shape index (κ1) is 14.2. The van der Waals surface area contributed by atoms with Crippen LogP contribution in [0.15, 0.2) is 42.5 Å². The van der Waals surface area contributed by atoms with Crippen LogP contribution < -0.4 is 5.73 Å². The second-order valence-corrected chi connectivity index (χ2v) is 5.74. The molecule has 2 nitrogen and oxygen atoms in total. The van der Waals surface area contributed by atoms with Gasteiger partial charge in [0.1, 0.15) is 5.82 Å². The van der Waals surface area contributed by atoms with E-state index in [1.54, 1.807) is 6.07 Å². The van der Waals surface area contributed by atoms with Gasteiger partial charge in [0.15, 0.2) is 0 Å². The van der Waals surface area contributed by atoms with E-state index < -0.39 is 0 Å². The molecular weight excluding hydrogens is 263 g/mol. The molecule has 110 valence electrons. The van der Waals surface area contributed by atoms with Crippen LogP contribution in [0, 0.1) is 12.7 Å². The minimum absolute atomic E-state index is 0.152. The Morgan fingerprint density at radius 1 is 1.19 bits per heavy atom. The molecule has 1 unspecified atom stereocenters. The summed E-state index contributed by atoms with van der Waals surface area (Å²) in [6.07, 6.45) is 1.05. The summed E-state index contributed by atoms with van der Waals surface area (Å²) in [5.74, 6) is -0.184. The van der Waals surface area contributed by atoms with Crippen LogP contribution in [0.4, 0.5) is 4.39 Å². The summed E-state index contributed by atoms with van der Waals surface area (Å²) in [6, 6.07) is 13.7. The van der Waals surface area contributed by atoms with Crippen molar-refractivity contribution in [1.82, 2.24) is 4.90 Å². The number of rotatable bonds is 3. The molecule has 1 atom stereocenters. The van der Waals surface area contributed by atoms with Crippen LogP contribution in [0.2, 0.25) is 0 Å². The Hall–Kier alpha value is -1.71. The van der Waals surface area contributed by atoms with Crippen LogP contribution in [-0.4, -0.2) is 18.0 Å². The SMILES string of the molecule is Cc1cc(F)ccc1C(CN)N1CCc2ccccc2C1. The quantitative estimate of drug-likeness (QED) is 0.938. The zero-order valence-corrected chi connectivity index (χ0v) is 12.3. The van der Waals surface area contributed by atoms with Gasteiger partial charge in [0.05, 0.1) is 0 Å². The Balaban J connectivity index is 1.88. The van der Waals surface area contributed by atoms with E-state index in [9.17, 15) is 4.39 Å². The van der Waals surface area contributed by atoms with Crippen LogP contribution in [0.3, 0.4) is 0 Å². The fourth-order valence-corrected chi connectivity index (χ4v) is 3.27. The monoisotopic (exact) mass is 284 g/mol. The van der Waals surface area contributed by atoms with E-state index in [1.165, 1.54) is 17.2 Å². The van der Waals surface area contributed by atoms with Gasteiger partial charge < -0.3 is 5.73 Å². The van der Waals surface area contributed by atoms with Crippen molar-refractivity contribution in [3.63, 3.8) is 0 Å². The molecule has 21 heavy (non-hydrogen) atoms. The number of fused-ring (bicyclic) bond motifs is 1. The predicted molar refractivity (Wildman–Crippen MR) is 83.5 cm³/mol. The molecule has 0 aliphatic carbocycles. The van der Waals surface area contributed by atoms with Crippen molar-refractivity contribution in [1.29, 1.82) is 0 Å². The van der Waals surface area contributed by atoms with Crippen molar-refractivity contribution in [2.24, 2.45) is 5.73 Å². The van der Waals surface area contributed by atoms with E-state index in [-0.39, 0.29) is 11.9 Å². The van der Waals surface area contributed by atoms with E-state index in [2.05, 4.69) is 29.2 Å². The number of hydrogen-bond acceptors (Lipinski definition) is 2. The topological polar surface area (TPSA) is 29.3 Å². The van der Waals surface area contributed by atoms with Crippen LogP contribution in [0.25, 0.3) is 0 Å². The van der Waals surface area contributed by atoms with Gasteiger partial charge in [0, 0.05) is 25.7 Å². The molecule has 0 saturated carbocycles. The molecule has 0 saturated heterocycles. The summed E-state index contributed by atoms with van der Waals surface area (Å²) in [5.41, 5.74) is 10.9.